The van der Waals surface area contributed by atoms with Gasteiger partial charge >= 0.3 is 0 Å². The Hall–Kier alpha value is -3.21. The average molecular weight is 358 g/mol. The van der Waals surface area contributed by atoms with Crippen LogP contribution in [0.5, 0.6) is 0 Å². The van der Waals surface area contributed by atoms with Crippen LogP contribution < -0.4 is 10.2 Å². The van der Waals surface area contributed by atoms with E-state index in [2.05, 4.69) is 20.2 Å². The molecule has 1 aromatic heterocycles. The monoisotopic (exact) mass is 358 g/mol. The summed E-state index contributed by atoms with van der Waals surface area (Å²) in [6.45, 7) is 2.00. The average Bonchev–Trinajstić information content (AvgIpc) is 3.25. The lowest BCUT2D eigenvalue weighted by Crippen LogP contribution is -2.24. The molecule has 3 aromatic rings. The smallest absolute Gasteiger partial charge is 0.237 e. The maximum absolute atomic E-state index is 13.2. The van der Waals surface area contributed by atoms with Crippen molar-refractivity contribution in [3.05, 3.63) is 84.2 Å². The minimum Gasteiger partial charge on any atom is -0.356 e. The highest BCUT2D eigenvalue weighted by molar-refractivity contribution is 5.97. The zero-order valence-corrected chi connectivity index (χ0v) is 15.1. The zero-order valence-electron chi connectivity index (χ0n) is 15.1. The van der Waals surface area contributed by atoms with Gasteiger partial charge < -0.3 is 10.2 Å². The number of hydrogen-bond acceptors (Lipinski definition) is 4. The molecule has 1 aliphatic rings. The first-order valence-electron chi connectivity index (χ1n) is 9.29. The number of hydrogen-bond donors (Lipinski definition) is 1. The Kier molecular flexibility index (Phi) is 5.10. The van der Waals surface area contributed by atoms with E-state index in [9.17, 15) is 4.79 Å². The molecule has 27 heavy (non-hydrogen) atoms. The molecule has 136 valence electrons. The molecular formula is C22H22N4O. The lowest BCUT2D eigenvalue weighted by Gasteiger charge is -2.19. The number of nitrogens with one attached hydrogen (secondary N) is 1. The second kappa shape index (κ2) is 7.99. The Morgan fingerprint density at radius 3 is 2.07 bits per heavy atom. The number of carbonyl (C=O) groups excluding carboxylic acids is 1. The van der Waals surface area contributed by atoms with Gasteiger partial charge in [0.15, 0.2) is 0 Å². The molecule has 0 saturated carbocycles. The van der Waals surface area contributed by atoms with E-state index in [1.807, 2.05) is 66.7 Å². The van der Waals surface area contributed by atoms with E-state index in [1.165, 1.54) is 19.2 Å². The van der Waals surface area contributed by atoms with Crippen LogP contribution >= 0.6 is 0 Å². The van der Waals surface area contributed by atoms with Gasteiger partial charge in [-0.05, 0) is 24.0 Å². The van der Waals surface area contributed by atoms with Crippen LogP contribution in [0.4, 0.5) is 11.6 Å². The minimum atomic E-state index is -0.391. The molecular weight excluding hydrogens is 336 g/mol. The summed E-state index contributed by atoms with van der Waals surface area (Å²) in [5.74, 6) is 0.915. The van der Waals surface area contributed by atoms with Crippen molar-refractivity contribution in [2.45, 2.75) is 18.8 Å². The van der Waals surface area contributed by atoms with Gasteiger partial charge in [0.2, 0.25) is 5.91 Å². The lowest BCUT2D eigenvalue weighted by molar-refractivity contribution is -0.116. The fourth-order valence-corrected chi connectivity index (χ4v) is 3.52. The highest BCUT2D eigenvalue weighted by Gasteiger charge is 2.23. The van der Waals surface area contributed by atoms with Crippen molar-refractivity contribution in [2.75, 3.05) is 23.3 Å². The highest BCUT2D eigenvalue weighted by Crippen LogP contribution is 2.26. The standard InChI is InChI=1S/C22H22N4O/c27-22(25-19-15-20(24-16-23-19)26-13-7-8-14-26)21(17-9-3-1-4-10-17)18-11-5-2-6-12-18/h1-6,9-12,15-16,21H,7-8,13-14H2,(H,23,24,25,27). The summed E-state index contributed by atoms with van der Waals surface area (Å²) >= 11 is 0. The first kappa shape index (κ1) is 17.2. The molecule has 1 amide bonds. The molecule has 2 heterocycles. The molecule has 0 spiro atoms. The summed E-state index contributed by atoms with van der Waals surface area (Å²) in [5.41, 5.74) is 1.91. The predicted molar refractivity (Wildman–Crippen MR) is 107 cm³/mol. The van der Waals surface area contributed by atoms with E-state index < -0.39 is 5.92 Å². The van der Waals surface area contributed by atoms with Crippen LogP contribution in [0.1, 0.15) is 29.9 Å². The van der Waals surface area contributed by atoms with E-state index in [4.69, 9.17) is 0 Å². The summed E-state index contributed by atoms with van der Waals surface area (Å²) in [7, 11) is 0. The van der Waals surface area contributed by atoms with Crippen LogP contribution in [-0.2, 0) is 4.79 Å². The number of anilines is 2. The summed E-state index contributed by atoms with van der Waals surface area (Å²) in [6.07, 6.45) is 3.87. The number of aromatic nitrogens is 2. The van der Waals surface area contributed by atoms with Gasteiger partial charge in [-0.1, -0.05) is 60.7 Å². The summed E-state index contributed by atoms with van der Waals surface area (Å²) in [6, 6.07) is 21.5. The molecule has 0 radical (unpaired) electrons. The minimum absolute atomic E-state index is 0.0986. The molecule has 1 N–H and O–H groups in total. The third-order valence-corrected chi connectivity index (χ3v) is 4.86. The number of rotatable bonds is 5. The predicted octanol–water partition coefficient (Wildman–Crippen LogP) is 3.85. The van der Waals surface area contributed by atoms with Crippen molar-refractivity contribution in [3.63, 3.8) is 0 Å². The Labute approximate surface area is 159 Å². The third-order valence-electron chi connectivity index (χ3n) is 4.86. The van der Waals surface area contributed by atoms with Gasteiger partial charge in [-0.3, -0.25) is 4.79 Å². The molecule has 1 aliphatic heterocycles. The van der Waals surface area contributed by atoms with Gasteiger partial charge in [0.25, 0.3) is 0 Å². The molecule has 5 heteroatoms. The highest BCUT2D eigenvalue weighted by atomic mass is 16.1. The molecule has 1 saturated heterocycles. The van der Waals surface area contributed by atoms with Crippen LogP contribution in [0.3, 0.4) is 0 Å². The Morgan fingerprint density at radius 1 is 0.889 bits per heavy atom. The lowest BCUT2D eigenvalue weighted by atomic mass is 9.90. The third kappa shape index (κ3) is 3.97. The molecule has 4 rings (SSSR count). The molecule has 0 bridgehead atoms. The van der Waals surface area contributed by atoms with E-state index in [1.54, 1.807) is 0 Å². The Bertz CT molecular complexity index is 853. The molecule has 1 fully saturated rings. The molecule has 5 nitrogen and oxygen atoms in total. The van der Waals surface area contributed by atoms with E-state index in [-0.39, 0.29) is 5.91 Å². The van der Waals surface area contributed by atoms with Crippen LogP contribution in [0.15, 0.2) is 73.1 Å². The number of benzene rings is 2. The van der Waals surface area contributed by atoms with Crippen molar-refractivity contribution in [2.24, 2.45) is 0 Å². The van der Waals surface area contributed by atoms with Crippen LogP contribution in [-0.4, -0.2) is 29.0 Å². The van der Waals surface area contributed by atoms with Gasteiger partial charge in [-0.15, -0.1) is 0 Å². The fraction of sp³-hybridized carbons (Fsp3) is 0.227. The summed E-state index contributed by atoms with van der Waals surface area (Å²) in [5, 5.41) is 2.99. The number of amides is 1. The van der Waals surface area contributed by atoms with Crippen LogP contribution in [0.25, 0.3) is 0 Å². The van der Waals surface area contributed by atoms with Crippen molar-refractivity contribution in [3.8, 4) is 0 Å². The van der Waals surface area contributed by atoms with Gasteiger partial charge in [0, 0.05) is 19.2 Å². The summed E-state index contributed by atoms with van der Waals surface area (Å²) < 4.78 is 0. The molecule has 2 aromatic carbocycles. The van der Waals surface area contributed by atoms with Crippen LogP contribution in [0, 0.1) is 0 Å². The normalized spacial score (nSPS) is 13.7. The Balaban J connectivity index is 1.60. The van der Waals surface area contributed by atoms with E-state index in [0.717, 1.165) is 30.0 Å². The largest absolute Gasteiger partial charge is 0.356 e. The van der Waals surface area contributed by atoms with E-state index in [0.29, 0.717) is 5.82 Å². The molecule has 0 aliphatic carbocycles. The van der Waals surface area contributed by atoms with Gasteiger partial charge in [0.05, 0.1) is 5.92 Å². The topological polar surface area (TPSA) is 58.1 Å². The van der Waals surface area contributed by atoms with Crippen LogP contribution in [0.2, 0.25) is 0 Å². The summed E-state index contributed by atoms with van der Waals surface area (Å²) in [4.78, 5) is 24.0. The van der Waals surface area contributed by atoms with Gasteiger partial charge in [-0.25, -0.2) is 9.97 Å². The van der Waals surface area contributed by atoms with Gasteiger partial charge in [0.1, 0.15) is 18.0 Å². The Morgan fingerprint density at radius 2 is 1.48 bits per heavy atom. The number of carbonyl (C=O) groups is 1. The van der Waals surface area contributed by atoms with Crippen molar-refractivity contribution in [1.29, 1.82) is 0 Å². The van der Waals surface area contributed by atoms with E-state index >= 15 is 0 Å². The molecule has 0 atom stereocenters. The second-order valence-electron chi connectivity index (χ2n) is 6.70. The fourth-order valence-electron chi connectivity index (χ4n) is 3.52. The molecule has 0 unspecified atom stereocenters. The second-order valence-corrected chi connectivity index (χ2v) is 6.70. The SMILES string of the molecule is O=C(Nc1cc(N2CCCC2)ncn1)C(c1ccccc1)c1ccccc1. The zero-order chi connectivity index (χ0) is 18.5. The maximum atomic E-state index is 13.2. The quantitative estimate of drug-likeness (QED) is 0.753. The number of nitrogens with zero attached hydrogens (tertiary/aromatic N) is 3. The van der Waals surface area contributed by atoms with Crippen molar-refractivity contribution < 1.29 is 4.79 Å². The first-order valence-corrected chi connectivity index (χ1v) is 9.29. The van der Waals surface area contributed by atoms with Gasteiger partial charge in [-0.2, -0.15) is 0 Å². The van der Waals surface area contributed by atoms with Crippen molar-refractivity contribution in [1.82, 2.24) is 9.97 Å². The van der Waals surface area contributed by atoms with Crippen molar-refractivity contribution >= 4 is 17.5 Å². The first-order chi connectivity index (χ1) is 13.3. The maximum Gasteiger partial charge on any atom is 0.237 e.